The number of para-hydroxylation sites is 1. The predicted molar refractivity (Wildman–Crippen MR) is 58.7 cm³/mol. The van der Waals surface area contributed by atoms with Gasteiger partial charge >= 0.3 is 0 Å². The molecule has 1 N–H and O–H groups in total. The van der Waals surface area contributed by atoms with Crippen molar-refractivity contribution >= 4 is 0 Å². The molecule has 0 spiro atoms. The quantitative estimate of drug-likeness (QED) is 0.823. The summed E-state index contributed by atoms with van der Waals surface area (Å²) in [5, 5.41) is 0. The van der Waals surface area contributed by atoms with Gasteiger partial charge in [-0.3, -0.25) is 0 Å². The number of hydrogen-bond donors (Lipinski definition) is 1. The van der Waals surface area contributed by atoms with Gasteiger partial charge in [-0.25, -0.2) is 4.98 Å². The van der Waals surface area contributed by atoms with Gasteiger partial charge in [-0.05, 0) is 18.1 Å². The molecule has 77 valence electrons. The molecular weight excluding hydrogens is 188 g/mol. The second kappa shape index (κ2) is 4.64. The molecule has 0 atom stereocenters. The number of aromatic amines is 1. The van der Waals surface area contributed by atoms with Crippen LogP contribution >= 0.6 is 0 Å². The minimum atomic E-state index is 0.828. The topological polar surface area (TPSA) is 37.9 Å². The minimum absolute atomic E-state index is 0.828. The highest BCUT2D eigenvalue weighted by atomic mass is 16.5. The summed E-state index contributed by atoms with van der Waals surface area (Å²) in [6, 6.07) is 8.00. The van der Waals surface area contributed by atoms with Crippen molar-refractivity contribution in [2.75, 3.05) is 7.11 Å². The number of aromatic nitrogens is 2. The smallest absolute Gasteiger partial charge is 0.122 e. The molecule has 1 heterocycles. The van der Waals surface area contributed by atoms with E-state index in [1.165, 1.54) is 5.56 Å². The van der Waals surface area contributed by atoms with Gasteiger partial charge in [0.25, 0.3) is 0 Å². The Balaban J connectivity index is 2.04. The Bertz CT molecular complexity index is 409. The Kier molecular flexibility index (Phi) is 3.02. The van der Waals surface area contributed by atoms with Crippen molar-refractivity contribution in [1.29, 1.82) is 0 Å². The summed E-state index contributed by atoms with van der Waals surface area (Å²) in [6.07, 6.45) is 6.44. The van der Waals surface area contributed by atoms with Crippen LogP contribution in [0, 0.1) is 6.42 Å². The lowest BCUT2D eigenvalue weighted by molar-refractivity contribution is 0.410. The van der Waals surface area contributed by atoms with Crippen molar-refractivity contribution in [3.63, 3.8) is 0 Å². The zero-order valence-electron chi connectivity index (χ0n) is 8.60. The molecule has 1 radical (unpaired) electrons. The first-order chi connectivity index (χ1) is 7.40. The molecule has 0 unspecified atom stereocenters. The van der Waals surface area contributed by atoms with Gasteiger partial charge in [0.15, 0.2) is 0 Å². The van der Waals surface area contributed by atoms with Crippen molar-refractivity contribution in [1.82, 2.24) is 9.97 Å². The third-order valence-electron chi connectivity index (χ3n) is 2.24. The van der Waals surface area contributed by atoms with Gasteiger partial charge < -0.3 is 9.72 Å². The van der Waals surface area contributed by atoms with Crippen LogP contribution in [-0.2, 0) is 6.42 Å². The van der Waals surface area contributed by atoms with E-state index in [1.807, 2.05) is 24.4 Å². The number of methoxy groups -OCH3 is 1. The number of ether oxygens (including phenoxy) is 1. The zero-order valence-corrected chi connectivity index (χ0v) is 8.60. The van der Waals surface area contributed by atoms with E-state index >= 15 is 0 Å². The molecule has 0 saturated heterocycles. The summed E-state index contributed by atoms with van der Waals surface area (Å²) in [4.78, 5) is 7.06. The number of H-pyrrole nitrogens is 1. The van der Waals surface area contributed by atoms with E-state index < -0.39 is 0 Å². The fourth-order valence-electron chi connectivity index (χ4n) is 1.47. The normalized spacial score (nSPS) is 10.2. The molecule has 0 aliphatic carbocycles. The predicted octanol–water partition coefficient (Wildman–Crippen LogP) is 2.21. The van der Waals surface area contributed by atoms with Crippen LogP contribution in [0.1, 0.15) is 11.3 Å². The maximum Gasteiger partial charge on any atom is 0.122 e. The average Bonchev–Trinajstić information content (AvgIpc) is 2.79. The highest BCUT2D eigenvalue weighted by Crippen LogP contribution is 2.19. The van der Waals surface area contributed by atoms with Crippen LogP contribution in [0.15, 0.2) is 36.8 Å². The van der Waals surface area contributed by atoms with Crippen LogP contribution in [0.3, 0.4) is 0 Å². The largest absolute Gasteiger partial charge is 0.496 e. The molecular formula is C12H13N2O. The zero-order chi connectivity index (χ0) is 10.5. The third-order valence-corrected chi connectivity index (χ3v) is 2.24. The molecule has 0 aliphatic heterocycles. The van der Waals surface area contributed by atoms with E-state index in [0.29, 0.717) is 0 Å². The van der Waals surface area contributed by atoms with Crippen molar-refractivity contribution < 1.29 is 4.74 Å². The van der Waals surface area contributed by atoms with E-state index in [9.17, 15) is 0 Å². The summed E-state index contributed by atoms with van der Waals surface area (Å²) in [7, 11) is 1.69. The first-order valence-electron chi connectivity index (χ1n) is 4.84. The molecule has 3 nitrogen and oxygen atoms in total. The molecule has 1 aromatic heterocycles. The van der Waals surface area contributed by atoms with Crippen LogP contribution in [0.4, 0.5) is 0 Å². The molecule has 0 bridgehead atoms. The molecule has 0 aliphatic rings. The van der Waals surface area contributed by atoms with Gasteiger partial charge in [0.1, 0.15) is 5.75 Å². The Labute approximate surface area is 89.1 Å². The summed E-state index contributed by atoms with van der Waals surface area (Å²) < 4.78 is 5.27. The van der Waals surface area contributed by atoms with Gasteiger partial charge in [-0.15, -0.1) is 0 Å². The Morgan fingerprint density at radius 1 is 1.40 bits per heavy atom. The highest BCUT2D eigenvalue weighted by Gasteiger charge is 2.02. The van der Waals surface area contributed by atoms with E-state index in [0.717, 1.165) is 17.9 Å². The van der Waals surface area contributed by atoms with Crippen LogP contribution in [0.5, 0.6) is 5.75 Å². The molecule has 0 fully saturated rings. The lowest BCUT2D eigenvalue weighted by Crippen LogP contribution is -1.93. The first-order valence-corrected chi connectivity index (χ1v) is 4.84. The molecule has 2 rings (SSSR count). The molecule has 0 saturated carbocycles. The lowest BCUT2D eigenvalue weighted by atomic mass is 10.1. The summed E-state index contributed by atoms with van der Waals surface area (Å²) in [5.41, 5.74) is 2.13. The number of benzene rings is 1. The standard InChI is InChI=1S/C12H13N2O/c1-15-12-5-3-2-4-10(12)6-7-11-8-13-9-14-11/h2-5,7-9H,6H2,1H3,(H,13,14). The van der Waals surface area contributed by atoms with E-state index in [2.05, 4.69) is 22.5 Å². The Morgan fingerprint density at radius 3 is 3.00 bits per heavy atom. The molecule has 1 aromatic carbocycles. The number of nitrogens with zero attached hydrogens (tertiary/aromatic N) is 1. The Morgan fingerprint density at radius 2 is 2.27 bits per heavy atom. The summed E-state index contributed by atoms with van der Waals surface area (Å²) >= 11 is 0. The number of nitrogens with one attached hydrogen (secondary N) is 1. The third kappa shape index (κ3) is 2.37. The maximum atomic E-state index is 5.27. The second-order valence-electron chi connectivity index (χ2n) is 3.21. The van der Waals surface area contributed by atoms with Crippen LogP contribution in [-0.4, -0.2) is 17.1 Å². The monoisotopic (exact) mass is 201 g/mol. The van der Waals surface area contributed by atoms with Crippen molar-refractivity contribution in [3.8, 4) is 5.75 Å². The van der Waals surface area contributed by atoms with Crippen LogP contribution in [0.25, 0.3) is 0 Å². The molecule has 3 heteroatoms. The second-order valence-corrected chi connectivity index (χ2v) is 3.21. The van der Waals surface area contributed by atoms with E-state index in [4.69, 9.17) is 4.74 Å². The fraction of sp³-hybridized carbons (Fsp3) is 0.167. The minimum Gasteiger partial charge on any atom is -0.496 e. The Hall–Kier alpha value is -1.77. The SMILES string of the molecule is COc1ccccc1C[CH]c1c[nH]cn1. The van der Waals surface area contributed by atoms with Crippen molar-refractivity contribution in [3.05, 3.63) is 54.5 Å². The van der Waals surface area contributed by atoms with Gasteiger partial charge in [0, 0.05) is 12.6 Å². The van der Waals surface area contributed by atoms with Crippen LogP contribution in [0.2, 0.25) is 0 Å². The number of imidazole rings is 1. The number of hydrogen-bond acceptors (Lipinski definition) is 2. The van der Waals surface area contributed by atoms with Crippen molar-refractivity contribution in [2.24, 2.45) is 0 Å². The molecule has 15 heavy (non-hydrogen) atoms. The first kappa shape index (κ1) is 9.77. The van der Waals surface area contributed by atoms with Gasteiger partial charge in [0.2, 0.25) is 0 Å². The highest BCUT2D eigenvalue weighted by molar-refractivity contribution is 5.35. The van der Waals surface area contributed by atoms with E-state index in [-0.39, 0.29) is 0 Å². The van der Waals surface area contributed by atoms with Gasteiger partial charge in [0.05, 0.1) is 19.1 Å². The number of rotatable bonds is 4. The fourth-order valence-corrected chi connectivity index (χ4v) is 1.47. The van der Waals surface area contributed by atoms with Gasteiger partial charge in [-0.1, -0.05) is 18.2 Å². The lowest BCUT2D eigenvalue weighted by Gasteiger charge is -2.06. The summed E-state index contributed by atoms with van der Waals surface area (Å²) in [6.45, 7) is 0. The van der Waals surface area contributed by atoms with Crippen molar-refractivity contribution in [2.45, 2.75) is 6.42 Å². The summed E-state index contributed by atoms with van der Waals surface area (Å²) in [5.74, 6) is 0.921. The molecule has 2 aromatic rings. The maximum absolute atomic E-state index is 5.27. The average molecular weight is 201 g/mol. The van der Waals surface area contributed by atoms with E-state index in [1.54, 1.807) is 13.4 Å². The van der Waals surface area contributed by atoms with Gasteiger partial charge in [-0.2, -0.15) is 0 Å². The van der Waals surface area contributed by atoms with Crippen LogP contribution < -0.4 is 4.74 Å². The molecule has 0 amide bonds.